The van der Waals surface area contributed by atoms with E-state index in [1.807, 2.05) is 0 Å². The van der Waals surface area contributed by atoms with Crippen LogP contribution in [0.5, 0.6) is 0 Å². The fourth-order valence-corrected chi connectivity index (χ4v) is 4.72. The van der Waals surface area contributed by atoms with Crippen molar-refractivity contribution in [3.8, 4) is 0 Å². The Morgan fingerprint density at radius 1 is 0.929 bits per heavy atom. The lowest BCUT2D eigenvalue weighted by Gasteiger charge is -2.34. The van der Waals surface area contributed by atoms with Gasteiger partial charge in [-0.25, -0.2) is 0 Å². The Morgan fingerprint density at radius 3 is 2.21 bits per heavy atom. The summed E-state index contributed by atoms with van der Waals surface area (Å²) in [6.45, 7) is 3.65. The fourth-order valence-electron chi connectivity index (χ4n) is 4.72. The highest BCUT2D eigenvalue weighted by Gasteiger charge is 2.25. The zero-order valence-corrected chi connectivity index (χ0v) is 16.5. The molecule has 2 aliphatic heterocycles. The molecule has 0 bridgehead atoms. The van der Waals surface area contributed by atoms with Crippen molar-refractivity contribution in [2.75, 3.05) is 31.1 Å². The monoisotopic (exact) mass is 378 g/mol. The Kier molecular flexibility index (Phi) is 5.96. The maximum atomic E-state index is 11.3. The lowest BCUT2D eigenvalue weighted by molar-refractivity contribution is -0.143. The molecule has 1 unspecified atom stereocenters. The van der Waals surface area contributed by atoms with E-state index in [9.17, 15) is 9.90 Å². The summed E-state index contributed by atoms with van der Waals surface area (Å²) in [5.41, 5.74) is 5.52. The predicted molar refractivity (Wildman–Crippen MR) is 113 cm³/mol. The van der Waals surface area contributed by atoms with E-state index in [1.165, 1.54) is 28.9 Å². The second kappa shape index (κ2) is 8.78. The largest absolute Gasteiger partial charge is 0.481 e. The van der Waals surface area contributed by atoms with Crippen molar-refractivity contribution in [2.45, 2.75) is 38.5 Å². The summed E-state index contributed by atoms with van der Waals surface area (Å²) >= 11 is 0. The fraction of sp³-hybridized carbons (Fsp3) is 0.458. The minimum Gasteiger partial charge on any atom is -0.481 e. The first-order valence-electron chi connectivity index (χ1n) is 10.6. The molecule has 0 radical (unpaired) electrons. The lowest BCUT2D eigenvalue weighted by Crippen LogP contribution is -2.40. The van der Waals surface area contributed by atoms with Gasteiger partial charge in [-0.05, 0) is 74.9 Å². The minimum absolute atomic E-state index is 0.197. The summed E-state index contributed by atoms with van der Waals surface area (Å²) in [4.78, 5) is 16.2. The van der Waals surface area contributed by atoms with Gasteiger partial charge in [-0.2, -0.15) is 0 Å². The van der Waals surface area contributed by atoms with Gasteiger partial charge in [0.1, 0.15) is 0 Å². The van der Waals surface area contributed by atoms with Crippen LogP contribution >= 0.6 is 0 Å². The third kappa shape index (κ3) is 4.22. The zero-order valence-electron chi connectivity index (χ0n) is 16.5. The topological polar surface area (TPSA) is 43.8 Å². The van der Waals surface area contributed by atoms with Gasteiger partial charge in [-0.15, -0.1) is 0 Å². The van der Waals surface area contributed by atoms with Gasteiger partial charge in [0.2, 0.25) is 0 Å². The Morgan fingerprint density at radius 2 is 1.57 bits per heavy atom. The van der Waals surface area contributed by atoms with Crippen LogP contribution in [0.15, 0.2) is 48.5 Å². The zero-order chi connectivity index (χ0) is 19.3. The van der Waals surface area contributed by atoms with Crippen molar-refractivity contribution in [1.82, 2.24) is 4.90 Å². The molecule has 4 nitrogen and oxygen atoms in total. The SMILES string of the molecule is O=C(O)C1CCCN(CCCN2c3ccccc3CCCc3ccccc32)C1. The first kappa shape index (κ1) is 19.0. The third-order valence-corrected chi connectivity index (χ3v) is 6.17. The molecule has 1 saturated heterocycles. The number of carboxylic acid groups (broad SMARTS) is 1. The highest BCUT2D eigenvalue weighted by molar-refractivity contribution is 5.70. The number of hydrogen-bond acceptors (Lipinski definition) is 3. The second-order valence-corrected chi connectivity index (χ2v) is 8.09. The third-order valence-electron chi connectivity index (χ3n) is 6.17. The molecule has 0 amide bonds. The summed E-state index contributed by atoms with van der Waals surface area (Å²) in [5, 5.41) is 9.33. The van der Waals surface area contributed by atoms with Crippen molar-refractivity contribution >= 4 is 17.3 Å². The van der Waals surface area contributed by atoms with Gasteiger partial charge < -0.3 is 14.9 Å². The van der Waals surface area contributed by atoms with E-state index in [0.717, 1.165) is 51.7 Å². The summed E-state index contributed by atoms with van der Waals surface area (Å²) in [6.07, 6.45) is 6.27. The van der Waals surface area contributed by atoms with Gasteiger partial charge in [0, 0.05) is 24.5 Å². The van der Waals surface area contributed by atoms with E-state index in [1.54, 1.807) is 0 Å². The molecule has 2 aliphatic rings. The van der Waals surface area contributed by atoms with E-state index in [4.69, 9.17) is 0 Å². The molecule has 2 aromatic carbocycles. The summed E-state index contributed by atoms with van der Waals surface area (Å²) in [7, 11) is 0. The van der Waals surface area contributed by atoms with E-state index >= 15 is 0 Å². The Labute approximate surface area is 167 Å². The smallest absolute Gasteiger partial charge is 0.307 e. The normalized spacial score (nSPS) is 20.0. The number of aryl methyl sites for hydroxylation is 2. The summed E-state index contributed by atoms with van der Waals surface area (Å²) in [6, 6.07) is 17.6. The van der Waals surface area contributed by atoms with Crippen molar-refractivity contribution in [2.24, 2.45) is 5.92 Å². The number of carboxylic acids is 1. The van der Waals surface area contributed by atoms with Crippen LogP contribution in [0.1, 0.15) is 36.8 Å². The molecule has 4 rings (SSSR count). The number of benzene rings is 2. The van der Waals surface area contributed by atoms with Crippen LogP contribution in [0.3, 0.4) is 0 Å². The Bertz CT molecular complexity index is 772. The molecular formula is C24H30N2O2. The molecule has 148 valence electrons. The number of para-hydroxylation sites is 2. The van der Waals surface area contributed by atoms with Crippen LogP contribution in [0, 0.1) is 5.92 Å². The number of rotatable bonds is 5. The number of aliphatic carboxylic acids is 1. The highest BCUT2D eigenvalue weighted by Crippen LogP contribution is 2.35. The standard InChI is InChI=1S/C24H30N2O2/c27-24(28)21-12-6-15-25(18-21)16-7-17-26-22-13-3-1-8-19(22)10-5-11-20-9-2-4-14-23(20)26/h1-4,8-9,13-14,21H,5-7,10-12,15-18H2,(H,27,28). The Balaban J connectivity index is 1.50. The molecule has 1 fully saturated rings. The molecule has 28 heavy (non-hydrogen) atoms. The number of carbonyl (C=O) groups is 1. The van der Waals surface area contributed by atoms with Crippen molar-refractivity contribution in [3.05, 3.63) is 59.7 Å². The number of nitrogens with zero attached hydrogens (tertiary/aromatic N) is 2. The molecule has 0 saturated carbocycles. The molecule has 4 heteroatoms. The molecule has 1 atom stereocenters. The van der Waals surface area contributed by atoms with Crippen LogP contribution in [0.4, 0.5) is 11.4 Å². The molecule has 2 heterocycles. The van der Waals surface area contributed by atoms with Crippen molar-refractivity contribution in [3.63, 3.8) is 0 Å². The van der Waals surface area contributed by atoms with Crippen LogP contribution in [0.25, 0.3) is 0 Å². The minimum atomic E-state index is -0.642. The van der Waals surface area contributed by atoms with E-state index in [-0.39, 0.29) is 5.92 Å². The molecule has 0 aliphatic carbocycles. The molecule has 0 aromatic heterocycles. The maximum absolute atomic E-state index is 11.3. The number of likely N-dealkylation sites (tertiary alicyclic amines) is 1. The number of anilines is 2. The number of hydrogen-bond donors (Lipinski definition) is 1. The van der Waals surface area contributed by atoms with Crippen molar-refractivity contribution < 1.29 is 9.90 Å². The quantitative estimate of drug-likeness (QED) is 0.832. The van der Waals surface area contributed by atoms with Gasteiger partial charge in [0.15, 0.2) is 0 Å². The Hall–Kier alpha value is -2.33. The molecular weight excluding hydrogens is 348 g/mol. The average Bonchev–Trinajstić information content (AvgIpc) is 2.71. The first-order chi connectivity index (χ1) is 13.7. The first-order valence-corrected chi connectivity index (χ1v) is 10.6. The van der Waals surface area contributed by atoms with E-state index < -0.39 is 5.97 Å². The van der Waals surface area contributed by atoms with Gasteiger partial charge in [-0.1, -0.05) is 36.4 Å². The van der Waals surface area contributed by atoms with Crippen LogP contribution < -0.4 is 4.90 Å². The average molecular weight is 379 g/mol. The molecule has 1 N–H and O–H groups in total. The number of fused-ring (bicyclic) bond motifs is 2. The second-order valence-electron chi connectivity index (χ2n) is 8.09. The molecule has 2 aromatic rings. The van der Waals surface area contributed by atoms with Gasteiger partial charge in [0.25, 0.3) is 0 Å². The van der Waals surface area contributed by atoms with Gasteiger partial charge in [0.05, 0.1) is 5.92 Å². The van der Waals surface area contributed by atoms with Crippen LogP contribution in [0.2, 0.25) is 0 Å². The predicted octanol–water partition coefficient (Wildman–Crippen LogP) is 4.50. The van der Waals surface area contributed by atoms with E-state index in [2.05, 4.69) is 58.3 Å². The van der Waals surface area contributed by atoms with Crippen molar-refractivity contribution in [1.29, 1.82) is 0 Å². The number of piperidine rings is 1. The lowest BCUT2D eigenvalue weighted by atomic mass is 9.96. The van der Waals surface area contributed by atoms with Crippen LogP contribution in [-0.4, -0.2) is 42.2 Å². The maximum Gasteiger partial charge on any atom is 0.307 e. The summed E-state index contributed by atoms with van der Waals surface area (Å²) < 4.78 is 0. The molecule has 0 spiro atoms. The van der Waals surface area contributed by atoms with Gasteiger partial charge >= 0.3 is 5.97 Å². The van der Waals surface area contributed by atoms with E-state index in [0.29, 0.717) is 6.54 Å². The highest BCUT2D eigenvalue weighted by atomic mass is 16.4. The summed E-state index contributed by atoms with van der Waals surface area (Å²) in [5.74, 6) is -0.840. The van der Waals surface area contributed by atoms with Crippen LogP contribution in [-0.2, 0) is 17.6 Å². The van der Waals surface area contributed by atoms with Gasteiger partial charge in [-0.3, -0.25) is 4.79 Å².